The first kappa shape index (κ1) is 19.7. The average molecular weight is 457 g/mol. The van der Waals surface area contributed by atoms with Crippen LogP contribution in [-0.4, -0.2) is 26.7 Å². The zero-order chi connectivity index (χ0) is 22.1. The lowest BCUT2D eigenvalue weighted by molar-refractivity contribution is -0.687. The van der Waals surface area contributed by atoms with Gasteiger partial charge in [0.1, 0.15) is 10.0 Å². The Morgan fingerprint density at radius 1 is 0.625 bits per heavy atom. The number of nitrogens with zero attached hydrogens (tertiary/aromatic N) is 2. The summed E-state index contributed by atoms with van der Waals surface area (Å²) in [5.41, 5.74) is 9.27. The van der Waals surface area contributed by atoms with Gasteiger partial charge in [0.05, 0.1) is 18.1 Å². The standard InChI is InChI=1S/C28H22Cl2N2/c1-16-8-4-14-22(29)25(16)31-18(3)32(26-17(2)9-5-15-23(26)30)28-21-13-7-11-19-10-6-12-20(24(19)21)27(28)31/h4-15,18H,1-3H3/q+2. The van der Waals surface area contributed by atoms with Crippen LogP contribution in [0.4, 0.5) is 11.4 Å². The molecule has 6 rings (SSSR count). The molecule has 2 aliphatic rings. The number of para-hydroxylation sites is 2. The van der Waals surface area contributed by atoms with E-state index in [9.17, 15) is 0 Å². The fourth-order valence-corrected chi connectivity index (χ4v) is 6.05. The molecule has 4 heteroatoms. The molecule has 0 amide bonds. The topological polar surface area (TPSA) is 6.02 Å². The second-order valence-electron chi connectivity index (χ2n) is 8.59. The van der Waals surface area contributed by atoms with Crippen molar-refractivity contribution in [2.45, 2.75) is 26.9 Å². The highest BCUT2D eigenvalue weighted by Crippen LogP contribution is 2.42. The third-order valence-electron chi connectivity index (χ3n) is 6.73. The Balaban J connectivity index is 1.80. The minimum atomic E-state index is 0.000752. The number of halogens is 2. The zero-order valence-corrected chi connectivity index (χ0v) is 19.7. The molecular weight excluding hydrogens is 435 g/mol. The van der Waals surface area contributed by atoms with E-state index in [1.54, 1.807) is 0 Å². The predicted octanol–water partition coefficient (Wildman–Crippen LogP) is 7.40. The summed E-state index contributed by atoms with van der Waals surface area (Å²) >= 11 is 13.7. The molecule has 0 spiro atoms. The summed E-state index contributed by atoms with van der Waals surface area (Å²) in [6.07, 6.45) is 0.000752. The molecule has 4 aromatic carbocycles. The van der Waals surface area contributed by atoms with Gasteiger partial charge >= 0.3 is 6.17 Å². The summed E-state index contributed by atoms with van der Waals surface area (Å²) in [5.74, 6) is 0. The molecule has 1 aliphatic heterocycles. The molecular formula is C28H22Cl2N2+2. The number of aryl methyl sites for hydroxylation is 2. The van der Waals surface area contributed by atoms with Gasteiger partial charge in [0, 0.05) is 16.5 Å². The van der Waals surface area contributed by atoms with E-state index in [4.69, 9.17) is 23.2 Å². The first-order chi connectivity index (χ1) is 15.5. The molecule has 0 saturated heterocycles. The van der Waals surface area contributed by atoms with Gasteiger partial charge in [-0.1, -0.05) is 71.7 Å². The molecule has 0 aromatic heterocycles. The lowest BCUT2D eigenvalue weighted by atomic mass is 10.0. The minimum absolute atomic E-state index is 0.000752. The van der Waals surface area contributed by atoms with Crippen LogP contribution in [0.1, 0.15) is 29.2 Å². The van der Waals surface area contributed by atoms with E-state index in [1.165, 1.54) is 33.3 Å². The average Bonchev–Trinajstić information content (AvgIpc) is 3.23. The van der Waals surface area contributed by atoms with Gasteiger partial charge in [-0.15, -0.1) is 9.15 Å². The van der Waals surface area contributed by atoms with Gasteiger partial charge in [-0.05, 0) is 43.5 Å². The Hall–Kier alpha value is -2.94. The van der Waals surface area contributed by atoms with Crippen LogP contribution >= 0.6 is 23.2 Å². The number of benzene rings is 4. The maximum Gasteiger partial charge on any atom is 0.352 e. The predicted molar refractivity (Wildman–Crippen MR) is 134 cm³/mol. The Bertz CT molecular complexity index is 1380. The van der Waals surface area contributed by atoms with E-state index < -0.39 is 0 Å². The van der Waals surface area contributed by atoms with E-state index in [0.717, 1.165) is 32.5 Å². The second kappa shape index (κ2) is 7.03. The maximum absolute atomic E-state index is 6.83. The first-order valence-corrected chi connectivity index (χ1v) is 11.6. The smallest absolute Gasteiger partial charge is 0.122 e. The van der Waals surface area contributed by atoms with Crippen molar-refractivity contribution in [1.82, 2.24) is 0 Å². The molecule has 32 heavy (non-hydrogen) atoms. The van der Waals surface area contributed by atoms with E-state index in [2.05, 4.69) is 78.5 Å². The van der Waals surface area contributed by atoms with Crippen LogP contribution in [0.25, 0.3) is 10.8 Å². The molecule has 1 aliphatic carbocycles. The van der Waals surface area contributed by atoms with Gasteiger partial charge < -0.3 is 0 Å². The van der Waals surface area contributed by atoms with Gasteiger partial charge in [0.25, 0.3) is 11.4 Å². The molecule has 0 bridgehead atoms. The summed E-state index contributed by atoms with van der Waals surface area (Å²) < 4.78 is 4.79. The number of hydrogen-bond donors (Lipinski definition) is 0. The molecule has 0 saturated carbocycles. The van der Waals surface area contributed by atoms with Gasteiger partial charge in [0.15, 0.2) is 0 Å². The largest absolute Gasteiger partial charge is 0.352 e. The van der Waals surface area contributed by atoms with Gasteiger partial charge in [-0.3, -0.25) is 0 Å². The lowest BCUT2D eigenvalue weighted by Crippen LogP contribution is -2.27. The van der Waals surface area contributed by atoms with Crippen LogP contribution in [0.5, 0.6) is 0 Å². The third-order valence-corrected chi connectivity index (χ3v) is 7.34. The Labute approximate surface area is 197 Å². The molecule has 0 N–H and O–H groups in total. The van der Waals surface area contributed by atoms with Crippen molar-refractivity contribution in [2.24, 2.45) is 0 Å². The molecule has 2 nitrogen and oxygen atoms in total. The SMILES string of the molecule is Cc1cccc(Cl)c1[N+]1=C2C(=[N+](c3c(C)cccc3Cl)C1C)c1cccc3cccc2c13. The van der Waals surface area contributed by atoms with Crippen LogP contribution in [0, 0.1) is 13.8 Å². The van der Waals surface area contributed by atoms with Crippen LogP contribution in [-0.2, 0) is 0 Å². The van der Waals surface area contributed by atoms with Gasteiger partial charge in [-0.25, -0.2) is 0 Å². The highest BCUT2D eigenvalue weighted by molar-refractivity contribution is 6.58. The molecule has 0 unspecified atom stereocenters. The van der Waals surface area contributed by atoms with Crippen LogP contribution in [0.2, 0.25) is 10.0 Å². The molecule has 0 fully saturated rings. The normalized spacial score (nSPS) is 15.3. The van der Waals surface area contributed by atoms with Crippen molar-refractivity contribution >= 4 is 56.8 Å². The third kappa shape index (κ3) is 2.54. The summed E-state index contributed by atoms with van der Waals surface area (Å²) in [6, 6.07) is 25.3. The first-order valence-electron chi connectivity index (χ1n) is 10.8. The van der Waals surface area contributed by atoms with E-state index in [0.29, 0.717) is 0 Å². The van der Waals surface area contributed by atoms with E-state index >= 15 is 0 Å². The zero-order valence-electron chi connectivity index (χ0n) is 18.2. The molecule has 156 valence electrons. The van der Waals surface area contributed by atoms with Crippen LogP contribution < -0.4 is 0 Å². The molecule has 0 radical (unpaired) electrons. The monoisotopic (exact) mass is 456 g/mol. The van der Waals surface area contributed by atoms with E-state index in [-0.39, 0.29) is 6.17 Å². The fourth-order valence-electron chi connectivity index (χ4n) is 5.42. The maximum atomic E-state index is 6.83. The Morgan fingerprint density at radius 3 is 1.50 bits per heavy atom. The second-order valence-corrected chi connectivity index (χ2v) is 9.40. The van der Waals surface area contributed by atoms with Crippen molar-refractivity contribution in [3.05, 3.63) is 105 Å². The quantitative estimate of drug-likeness (QED) is 0.277. The number of fused-ring (bicyclic) bond motifs is 3. The summed E-state index contributed by atoms with van der Waals surface area (Å²) in [4.78, 5) is 0. The number of hydrogen-bond acceptors (Lipinski definition) is 0. The van der Waals surface area contributed by atoms with Crippen LogP contribution in [0.3, 0.4) is 0 Å². The highest BCUT2D eigenvalue weighted by atomic mass is 35.5. The van der Waals surface area contributed by atoms with Crippen molar-refractivity contribution < 1.29 is 9.15 Å². The highest BCUT2D eigenvalue weighted by Gasteiger charge is 2.54. The van der Waals surface area contributed by atoms with Gasteiger partial charge in [0.2, 0.25) is 11.4 Å². The van der Waals surface area contributed by atoms with Crippen molar-refractivity contribution in [1.29, 1.82) is 0 Å². The summed E-state index contributed by atoms with van der Waals surface area (Å²) in [6.45, 7) is 6.48. The minimum Gasteiger partial charge on any atom is -0.122 e. The Kier molecular flexibility index (Phi) is 4.33. The summed E-state index contributed by atoms with van der Waals surface area (Å²) in [5, 5.41) is 4.04. The molecule has 0 atom stereocenters. The van der Waals surface area contributed by atoms with Crippen molar-refractivity contribution in [3.8, 4) is 0 Å². The lowest BCUT2D eigenvalue weighted by Gasteiger charge is -2.12. The number of rotatable bonds is 2. The van der Waals surface area contributed by atoms with Crippen molar-refractivity contribution in [2.75, 3.05) is 0 Å². The van der Waals surface area contributed by atoms with E-state index in [1.807, 2.05) is 24.3 Å². The summed E-state index contributed by atoms with van der Waals surface area (Å²) in [7, 11) is 0. The fraction of sp³-hybridized carbons (Fsp3) is 0.143. The Morgan fingerprint density at radius 2 is 1.06 bits per heavy atom. The van der Waals surface area contributed by atoms with Crippen LogP contribution in [0.15, 0.2) is 72.8 Å². The molecule has 4 aromatic rings. The molecule has 1 heterocycles. The van der Waals surface area contributed by atoms with Crippen molar-refractivity contribution in [3.63, 3.8) is 0 Å². The van der Waals surface area contributed by atoms with Gasteiger partial charge in [-0.2, -0.15) is 0 Å².